The number of hydrogen-bond donors (Lipinski definition) is 1. The van der Waals surface area contributed by atoms with Crippen molar-refractivity contribution in [1.82, 2.24) is 15.1 Å². The Morgan fingerprint density at radius 3 is 2.76 bits per heavy atom. The number of nitrogens with zero attached hydrogens (tertiary/aromatic N) is 2. The number of nitrogens with one attached hydrogen (secondary N) is 1. The maximum Gasteiger partial charge on any atom is 0.387 e. The molecule has 7 nitrogen and oxygen atoms in total. The molecule has 1 aromatic heterocycles. The molecule has 3 aromatic rings. The average molecular weight is 403 g/mol. The summed E-state index contributed by atoms with van der Waals surface area (Å²) in [7, 11) is 1.34. The van der Waals surface area contributed by atoms with E-state index < -0.39 is 6.61 Å². The minimum atomic E-state index is -2.95. The lowest BCUT2D eigenvalue weighted by Gasteiger charge is -2.12. The van der Waals surface area contributed by atoms with Gasteiger partial charge in [-0.1, -0.05) is 18.2 Å². The van der Waals surface area contributed by atoms with Gasteiger partial charge < -0.3 is 14.8 Å². The van der Waals surface area contributed by atoms with Gasteiger partial charge in [-0.25, -0.2) is 0 Å². The van der Waals surface area contributed by atoms with E-state index in [1.807, 2.05) is 0 Å². The second-order valence-corrected chi connectivity index (χ2v) is 6.14. The van der Waals surface area contributed by atoms with Gasteiger partial charge in [0.15, 0.2) is 11.5 Å². The highest BCUT2D eigenvalue weighted by atomic mass is 19.3. The first-order valence-electron chi connectivity index (χ1n) is 8.81. The maximum atomic E-state index is 12.4. The highest BCUT2D eigenvalue weighted by Crippen LogP contribution is 2.29. The van der Waals surface area contributed by atoms with Crippen LogP contribution in [0.5, 0.6) is 11.5 Å². The maximum absolute atomic E-state index is 12.4. The van der Waals surface area contributed by atoms with Crippen LogP contribution in [0.25, 0.3) is 10.9 Å². The monoisotopic (exact) mass is 403 g/mol. The zero-order valence-electron chi connectivity index (χ0n) is 15.6. The van der Waals surface area contributed by atoms with Gasteiger partial charge in [0.05, 0.1) is 25.4 Å². The fourth-order valence-electron chi connectivity index (χ4n) is 2.85. The highest BCUT2D eigenvalue weighted by Gasteiger charge is 2.12. The molecule has 1 N–H and O–H groups in total. The number of halogens is 2. The van der Waals surface area contributed by atoms with Crippen LogP contribution < -0.4 is 20.2 Å². The van der Waals surface area contributed by atoms with Gasteiger partial charge in [0.2, 0.25) is 11.3 Å². The first kappa shape index (κ1) is 20.2. The van der Waals surface area contributed by atoms with Crippen molar-refractivity contribution >= 4 is 16.8 Å². The van der Waals surface area contributed by atoms with E-state index in [0.717, 1.165) is 0 Å². The number of benzene rings is 2. The minimum Gasteiger partial charge on any atom is -0.493 e. The van der Waals surface area contributed by atoms with Crippen molar-refractivity contribution < 1.29 is 23.0 Å². The second-order valence-electron chi connectivity index (χ2n) is 6.14. The SMILES string of the molecule is COc1cc(CNC(=O)CCn2ncc(=O)c3ccccc32)ccc1OC(F)F. The van der Waals surface area contributed by atoms with Gasteiger partial charge in [0.25, 0.3) is 0 Å². The van der Waals surface area contributed by atoms with Crippen LogP contribution in [0, 0.1) is 0 Å². The molecule has 0 aliphatic rings. The molecule has 0 unspecified atom stereocenters. The molecule has 1 heterocycles. The lowest BCUT2D eigenvalue weighted by atomic mass is 10.2. The predicted molar refractivity (Wildman–Crippen MR) is 102 cm³/mol. The van der Waals surface area contributed by atoms with Crippen LogP contribution in [0.15, 0.2) is 53.5 Å². The molecule has 29 heavy (non-hydrogen) atoms. The van der Waals surface area contributed by atoms with Gasteiger partial charge in [-0.3, -0.25) is 14.3 Å². The van der Waals surface area contributed by atoms with Crippen molar-refractivity contribution in [1.29, 1.82) is 0 Å². The van der Waals surface area contributed by atoms with Crippen LogP contribution in [-0.4, -0.2) is 29.4 Å². The molecule has 0 atom stereocenters. The summed E-state index contributed by atoms with van der Waals surface area (Å²) >= 11 is 0. The summed E-state index contributed by atoms with van der Waals surface area (Å²) in [5.41, 5.74) is 1.16. The van der Waals surface area contributed by atoms with Crippen LogP contribution in [0.1, 0.15) is 12.0 Å². The van der Waals surface area contributed by atoms with E-state index in [2.05, 4.69) is 15.2 Å². The number of methoxy groups -OCH3 is 1. The number of alkyl halides is 2. The summed E-state index contributed by atoms with van der Waals surface area (Å²) in [5, 5.41) is 7.38. The van der Waals surface area contributed by atoms with Crippen LogP contribution in [0.2, 0.25) is 0 Å². The average Bonchev–Trinajstić information content (AvgIpc) is 2.72. The van der Waals surface area contributed by atoms with Crippen molar-refractivity contribution in [2.75, 3.05) is 7.11 Å². The molecular formula is C20H19F2N3O4. The molecule has 1 amide bonds. The molecular weight excluding hydrogens is 384 g/mol. The number of amides is 1. The number of carbonyl (C=O) groups excluding carboxylic acids is 1. The number of aryl methyl sites for hydroxylation is 1. The number of fused-ring (bicyclic) bond motifs is 1. The Hall–Kier alpha value is -3.49. The molecule has 0 spiro atoms. The van der Waals surface area contributed by atoms with Gasteiger partial charge in [0, 0.05) is 18.4 Å². The number of rotatable bonds is 8. The first-order valence-corrected chi connectivity index (χ1v) is 8.81. The molecule has 3 rings (SSSR count). The van der Waals surface area contributed by atoms with Crippen molar-refractivity contribution in [3.63, 3.8) is 0 Å². The van der Waals surface area contributed by atoms with Gasteiger partial charge in [0.1, 0.15) is 0 Å². The number of aromatic nitrogens is 2. The van der Waals surface area contributed by atoms with Gasteiger partial charge in [-0.15, -0.1) is 0 Å². The predicted octanol–water partition coefficient (Wildman–Crippen LogP) is 2.71. The van der Waals surface area contributed by atoms with Crippen molar-refractivity contribution in [2.45, 2.75) is 26.1 Å². The van der Waals surface area contributed by atoms with Crippen LogP contribution in [-0.2, 0) is 17.9 Å². The van der Waals surface area contributed by atoms with E-state index in [4.69, 9.17) is 4.74 Å². The zero-order chi connectivity index (χ0) is 20.8. The third-order valence-corrected chi connectivity index (χ3v) is 4.25. The van der Waals surface area contributed by atoms with Gasteiger partial charge in [-0.05, 0) is 29.8 Å². The smallest absolute Gasteiger partial charge is 0.387 e. The van der Waals surface area contributed by atoms with E-state index in [-0.39, 0.29) is 35.8 Å². The third-order valence-electron chi connectivity index (χ3n) is 4.25. The van der Waals surface area contributed by atoms with E-state index in [0.29, 0.717) is 23.0 Å². The molecule has 0 saturated carbocycles. The number of hydrogen-bond acceptors (Lipinski definition) is 5. The largest absolute Gasteiger partial charge is 0.493 e. The summed E-state index contributed by atoms with van der Waals surface area (Å²) in [6.07, 6.45) is 1.39. The molecule has 0 bridgehead atoms. The molecule has 9 heteroatoms. The summed E-state index contributed by atoms with van der Waals surface area (Å²) in [6.45, 7) is -2.45. The minimum absolute atomic E-state index is 0.0752. The molecule has 0 fully saturated rings. The normalized spacial score (nSPS) is 10.9. The molecule has 0 aliphatic carbocycles. The Labute approximate surface area is 164 Å². The Balaban J connectivity index is 1.60. The lowest BCUT2D eigenvalue weighted by molar-refractivity contribution is -0.121. The van der Waals surface area contributed by atoms with Crippen molar-refractivity contribution in [2.24, 2.45) is 0 Å². The van der Waals surface area contributed by atoms with Crippen molar-refractivity contribution in [3.05, 3.63) is 64.4 Å². The summed E-state index contributed by atoms with van der Waals surface area (Å²) in [4.78, 5) is 24.0. The number of ether oxygens (including phenoxy) is 2. The fourth-order valence-corrected chi connectivity index (χ4v) is 2.85. The third kappa shape index (κ3) is 5.07. The first-order chi connectivity index (χ1) is 14.0. The van der Waals surface area contributed by atoms with Crippen LogP contribution in [0.4, 0.5) is 8.78 Å². The van der Waals surface area contributed by atoms with E-state index in [9.17, 15) is 18.4 Å². The molecule has 152 valence electrons. The van der Waals surface area contributed by atoms with Crippen LogP contribution >= 0.6 is 0 Å². The highest BCUT2D eigenvalue weighted by molar-refractivity contribution is 5.79. The Morgan fingerprint density at radius 1 is 1.21 bits per heavy atom. The summed E-state index contributed by atoms with van der Waals surface area (Å²) in [5.74, 6) is -0.142. The molecule has 2 aromatic carbocycles. The second kappa shape index (κ2) is 9.13. The Morgan fingerprint density at radius 2 is 2.00 bits per heavy atom. The summed E-state index contributed by atoms with van der Waals surface area (Å²) in [6, 6.07) is 11.5. The molecule has 0 radical (unpaired) electrons. The van der Waals surface area contributed by atoms with Crippen LogP contribution in [0.3, 0.4) is 0 Å². The molecule has 0 saturated heterocycles. The van der Waals surface area contributed by atoms with E-state index in [1.54, 1.807) is 35.0 Å². The Bertz CT molecular complexity index is 1070. The number of para-hydroxylation sites is 1. The quantitative estimate of drug-likeness (QED) is 0.625. The van der Waals surface area contributed by atoms with Gasteiger partial charge >= 0.3 is 6.61 Å². The topological polar surface area (TPSA) is 82.5 Å². The van der Waals surface area contributed by atoms with Gasteiger partial charge in [-0.2, -0.15) is 13.9 Å². The number of carbonyl (C=O) groups is 1. The standard InChI is InChI=1S/C20H19F2N3O4/c1-28-18-10-13(6-7-17(18)29-20(21)22)11-23-19(27)8-9-25-15-5-3-2-4-14(15)16(26)12-24-25/h2-7,10,12,20H,8-9,11H2,1H3,(H,23,27). The van der Waals surface area contributed by atoms with E-state index >= 15 is 0 Å². The zero-order valence-corrected chi connectivity index (χ0v) is 15.6. The van der Waals surface area contributed by atoms with Crippen molar-refractivity contribution in [3.8, 4) is 11.5 Å². The lowest BCUT2D eigenvalue weighted by Crippen LogP contribution is -2.24. The van der Waals surface area contributed by atoms with E-state index in [1.165, 1.54) is 25.4 Å². The summed E-state index contributed by atoms with van der Waals surface area (Å²) < 4.78 is 35.8. The Kier molecular flexibility index (Phi) is 6.38. The molecule has 0 aliphatic heterocycles. The fraction of sp³-hybridized carbons (Fsp3) is 0.250.